The lowest BCUT2D eigenvalue weighted by Gasteiger charge is -2.09. The molecule has 2 aromatic carbocycles. The van der Waals surface area contributed by atoms with E-state index in [2.05, 4.69) is 9.98 Å². The van der Waals surface area contributed by atoms with E-state index in [1.807, 2.05) is 0 Å². The van der Waals surface area contributed by atoms with Crippen LogP contribution in [0.4, 0.5) is 18.9 Å². The van der Waals surface area contributed by atoms with Crippen LogP contribution in [0.1, 0.15) is 16.7 Å². The molecule has 3 rings (SSSR count). The van der Waals surface area contributed by atoms with Crippen molar-refractivity contribution in [2.45, 2.75) is 6.18 Å². The zero-order valence-electron chi connectivity index (χ0n) is 11.0. The Balaban J connectivity index is 2.08. The molecule has 112 valence electrons. The van der Waals surface area contributed by atoms with Crippen LogP contribution >= 0.6 is 11.6 Å². The van der Waals surface area contributed by atoms with Crippen molar-refractivity contribution in [2.75, 3.05) is 0 Å². The third-order valence-corrected chi connectivity index (χ3v) is 3.49. The Morgan fingerprint density at radius 1 is 1.05 bits per heavy atom. The maximum absolute atomic E-state index is 12.9. The largest absolute Gasteiger partial charge is 0.417 e. The van der Waals surface area contributed by atoms with E-state index < -0.39 is 11.7 Å². The van der Waals surface area contributed by atoms with Gasteiger partial charge in [-0.1, -0.05) is 35.9 Å². The Bertz CT molecular complexity index is 810. The van der Waals surface area contributed by atoms with Crippen molar-refractivity contribution >= 4 is 29.0 Å². The van der Waals surface area contributed by atoms with Gasteiger partial charge in [-0.3, -0.25) is 0 Å². The number of amidine groups is 2. The maximum atomic E-state index is 12.9. The molecule has 2 N–H and O–H groups in total. The molecule has 0 aromatic heterocycles. The summed E-state index contributed by atoms with van der Waals surface area (Å²) >= 11 is 5.59. The second kappa shape index (κ2) is 5.14. The lowest BCUT2D eigenvalue weighted by molar-refractivity contribution is -0.137. The molecule has 0 saturated carbocycles. The lowest BCUT2D eigenvalue weighted by atomic mass is 10.1. The Labute approximate surface area is 129 Å². The third-order valence-electron chi connectivity index (χ3n) is 3.16. The van der Waals surface area contributed by atoms with E-state index in [9.17, 15) is 13.2 Å². The molecule has 1 heterocycles. The summed E-state index contributed by atoms with van der Waals surface area (Å²) in [5.41, 5.74) is 6.36. The minimum atomic E-state index is -4.54. The van der Waals surface area contributed by atoms with Gasteiger partial charge in [0.25, 0.3) is 0 Å². The molecule has 1 aliphatic heterocycles. The summed E-state index contributed by atoms with van der Waals surface area (Å²) in [5.74, 6) is 0.572. The van der Waals surface area contributed by atoms with Gasteiger partial charge in [-0.2, -0.15) is 13.2 Å². The van der Waals surface area contributed by atoms with E-state index in [-0.39, 0.29) is 16.5 Å². The highest BCUT2D eigenvalue weighted by Gasteiger charge is 2.33. The molecule has 0 atom stereocenters. The summed E-state index contributed by atoms with van der Waals surface area (Å²) < 4.78 is 38.6. The summed E-state index contributed by atoms with van der Waals surface area (Å²) in [4.78, 5) is 8.25. The Hall–Kier alpha value is -2.34. The first kappa shape index (κ1) is 14.6. The minimum absolute atomic E-state index is 0.111. The van der Waals surface area contributed by atoms with E-state index in [0.29, 0.717) is 17.0 Å². The number of hydrogen-bond acceptors (Lipinski definition) is 2. The van der Waals surface area contributed by atoms with E-state index in [1.165, 1.54) is 6.07 Å². The van der Waals surface area contributed by atoms with Crippen LogP contribution in [0.25, 0.3) is 0 Å². The molecule has 1 aliphatic rings. The monoisotopic (exact) mass is 323 g/mol. The molecule has 7 heteroatoms. The zero-order chi connectivity index (χ0) is 15.9. The molecule has 0 radical (unpaired) electrons. The Morgan fingerprint density at radius 3 is 2.41 bits per heavy atom. The van der Waals surface area contributed by atoms with Gasteiger partial charge in [-0.05, 0) is 18.2 Å². The predicted octanol–water partition coefficient (Wildman–Crippen LogP) is 4.16. The van der Waals surface area contributed by atoms with E-state index in [1.54, 1.807) is 24.3 Å². The summed E-state index contributed by atoms with van der Waals surface area (Å²) in [6.45, 7) is 0. The van der Waals surface area contributed by atoms with Crippen LogP contribution in [0.2, 0.25) is 5.02 Å². The van der Waals surface area contributed by atoms with Gasteiger partial charge in [0, 0.05) is 11.1 Å². The fraction of sp³-hybridized carbons (Fsp3) is 0.0667. The van der Waals surface area contributed by atoms with Crippen LogP contribution in [0, 0.1) is 0 Å². The lowest BCUT2D eigenvalue weighted by Crippen LogP contribution is -2.09. The smallest absolute Gasteiger partial charge is 0.383 e. The first-order valence-corrected chi connectivity index (χ1v) is 6.63. The average Bonchev–Trinajstić information content (AvgIpc) is 2.77. The molecule has 2 aromatic rings. The molecule has 3 nitrogen and oxygen atoms in total. The second-order valence-corrected chi connectivity index (χ2v) is 5.05. The third kappa shape index (κ3) is 2.57. The molecule has 0 spiro atoms. The van der Waals surface area contributed by atoms with Crippen LogP contribution in [0.3, 0.4) is 0 Å². The highest BCUT2D eigenvalue weighted by molar-refractivity contribution is 6.31. The molecule has 0 amide bonds. The van der Waals surface area contributed by atoms with Gasteiger partial charge in [0.05, 0.1) is 16.3 Å². The fourth-order valence-electron chi connectivity index (χ4n) is 2.14. The summed E-state index contributed by atoms with van der Waals surface area (Å²) in [7, 11) is 0. The highest BCUT2D eigenvalue weighted by atomic mass is 35.5. The zero-order valence-corrected chi connectivity index (χ0v) is 11.8. The first-order chi connectivity index (χ1) is 10.4. The van der Waals surface area contributed by atoms with Crippen molar-refractivity contribution in [2.24, 2.45) is 15.7 Å². The molecule has 0 saturated heterocycles. The van der Waals surface area contributed by atoms with Crippen molar-refractivity contribution in [1.82, 2.24) is 0 Å². The summed E-state index contributed by atoms with van der Waals surface area (Å²) in [6, 6.07) is 10.6. The van der Waals surface area contributed by atoms with E-state index in [0.717, 1.165) is 12.1 Å². The molecule has 0 unspecified atom stereocenters. The van der Waals surface area contributed by atoms with Crippen LogP contribution in [0.15, 0.2) is 52.4 Å². The van der Waals surface area contributed by atoms with Gasteiger partial charge in [0.2, 0.25) is 0 Å². The van der Waals surface area contributed by atoms with Gasteiger partial charge in [0.1, 0.15) is 5.84 Å². The van der Waals surface area contributed by atoms with Gasteiger partial charge >= 0.3 is 6.18 Å². The SMILES string of the molecule is NC1=NC(=Nc2ccc(Cl)c(C(F)(F)F)c2)c2ccccc21. The maximum Gasteiger partial charge on any atom is 0.417 e. The van der Waals surface area contributed by atoms with Crippen LogP contribution in [-0.4, -0.2) is 11.7 Å². The topological polar surface area (TPSA) is 50.7 Å². The number of fused-ring (bicyclic) bond motifs is 1. The normalized spacial score (nSPS) is 15.8. The molecule has 0 fully saturated rings. The molecular formula is C15H9ClF3N3. The number of benzene rings is 2. The number of alkyl halides is 3. The summed E-state index contributed by atoms with van der Waals surface area (Å²) in [6.07, 6.45) is -4.54. The van der Waals surface area contributed by atoms with Crippen molar-refractivity contribution in [3.8, 4) is 0 Å². The average molecular weight is 324 g/mol. The standard InChI is InChI=1S/C15H9ClF3N3/c16-12-6-5-8(7-11(12)15(17,18)19)21-14-10-4-2-1-3-9(10)13(20)22-14/h1-7H,(H2,20,21,22). The van der Waals surface area contributed by atoms with Crippen LogP contribution < -0.4 is 5.73 Å². The summed E-state index contributed by atoms with van der Waals surface area (Å²) in [5, 5.41) is -0.369. The van der Waals surface area contributed by atoms with E-state index in [4.69, 9.17) is 17.3 Å². The minimum Gasteiger partial charge on any atom is -0.383 e. The van der Waals surface area contributed by atoms with Crippen molar-refractivity contribution in [3.63, 3.8) is 0 Å². The molecule has 0 aliphatic carbocycles. The van der Waals surface area contributed by atoms with Gasteiger partial charge in [-0.15, -0.1) is 0 Å². The van der Waals surface area contributed by atoms with Crippen LogP contribution in [-0.2, 0) is 6.18 Å². The first-order valence-electron chi connectivity index (χ1n) is 6.25. The Kier molecular flexibility index (Phi) is 3.41. The number of aliphatic imine (C=N–C) groups is 2. The van der Waals surface area contributed by atoms with Gasteiger partial charge < -0.3 is 5.73 Å². The van der Waals surface area contributed by atoms with E-state index >= 15 is 0 Å². The molecular weight excluding hydrogens is 315 g/mol. The van der Waals surface area contributed by atoms with Gasteiger partial charge in [-0.25, -0.2) is 9.98 Å². The number of nitrogens with zero attached hydrogens (tertiary/aromatic N) is 2. The number of hydrogen-bond donors (Lipinski definition) is 1. The van der Waals surface area contributed by atoms with Gasteiger partial charge in [0.15, 0.2) is 5.84 Å². The van der Waals surface area contributed by atoms with Crippen LogP contribution in [0.5, 0.6) is 0 Å². The van der Waals surface area contributed by atoms with Crippen molar-refractivity contribution < 1.29 is 13.2 Å². The number of nitrogens with two attached hydrogens (primary N) is 1. The number of halogens is 4. The molecule has 0 bridgehead atoms. The Morgan fingerprint density at radius 2 is 1.73 bits per heavy atom. The van der Waals surface area contributed by atoms with Crippen molar-refractivity contribution in [3.05, 3.63) is 64.2 Å². The second-order valence-electron chi connectivity index (χ2n) is 4.64. The highest BCUT2D eigenvalue weighted by Crippen LogP contribution is 2.37. The number of rotatable bonds is 1. The quantitative estimate of drug-likeness (QED) is 0.842. The van der Waals surface area contributed by atoms with Crippen molar-refractivity contribution in [1.29, 1.82) is 0 Å². The fourth-order valence-corrected chi connectivity index (χ4v) is 2.37. The molecule has 22 heavy (non-hydrogen) atoms. The predicted molar refractivity (Wildman–Crippen MR) is 79.8 cm³/mol.